The fraction of sp³-hybridized carbons (Fsp3) is 0.214. The van der Waals surface area contributed by atoms with Gasteiger partial charge in [0.25, 0.3) is 0 Å². The van der Waals surface area contributed by atoms with Crippen LogP contribution >= 0.6 is 15.9 Å². The number of ether oxygens (including phenoxy) is 1. The molecule has 0 unspecified atom stereocenters. The van der Waals surface area contributed by atoms with Crippen molar-refractivity contribution in [1.82, 2.24) is 4.98 Å². The molecule has 100 valence electrons. The summed E-state index contributed by atoms with van der Waals surface area (Å²) in [6.07, 6.45) is 1.71. The molecule has 0 saturated heterocycles. The number of phenols is 1. The smallest absolute Gasteiger partial charge is 0.162 e. The van der Waals surface area contributed by atoms with Gasteiger partial charge in [-0.25, -0.2) is 4.98 Å². The van der Waals surface area contributed by atoms with Crippen LogP contribution in [-0.2, 0) is 6.54 Å². The van der Waals surface area contributed by atoms with Crippen LogP contribution in [0.1, 0.15) is 12.5 Å². The maximum absolute atomic E-state index is 10.1. The summed E-state index contributed by atoms with van der Waals surface area (Å²) in [5.74, 6) is 0.684. The Morgan fingerprint density at radius 1 is 1.32 bits per heavy atom. The summed E-state index contributed by atoms with van der Waals surface area (Å²) in [5.41, 5.74) is 1.66. The van der Waals surface area contributed by atoms with Gasteiger partial charge in [0.05, 0.1) is 12.3 Å². The van der Waals surface area contributed by atoms with Gasteiger partial charge >= 0.3 is 0 Å². The highest BCUT2D eigenvalue weighted by atomic mass is 79.9. The Kier molecular flexibility index (Phi) is 4.63. The van der Waals surface area contributed by atoms with Crippen molar-refractivity contribution in [2.75, 3.05) is 11.9 Å². The molecule has 4 nitrogen and oxygen atoms in total. The highest BCUT2D eigenvalue weighted by molar-refractivity contribution is 9.10. The van der Waals surface area contributed by atoms with Crippen LogP contribution in [0.4, 0.5) is 5.69 Å². The van der Waals surface area contributed by atoms with Gasteiger partial charge in [0.1, 0.15) is 4.60 Å². The van der Waals surface area contributed by atoms with Gasteiger partial charge in [0.2, 0.25) is 0 Å². The number of nitrogens with one attached hydrogen (secondary N) is 1. The Bertz CT molecular complexity index is 561. The van der Waals surface area contributed by atoms with E-state index in [-0.39, 0.29) is 5.75 Å². The quantitative estimate of drug-likeness (QED) is 0.826. The topological polar surface area (TPSA) is 54.4 Å². The molecule has 2 aromatic rings. The molecule has 0 aliphatic rings. The minimum absolute atomic E-state index is 0.178. The first-order valence-corrected chi connectivity index (χ1v) is 6.79. The minimum atomic E-state index is 0.178. The van der Waals surface area contributed by atoms with E-state index in [1.165, 1.54) is 0 Å². The molecule has 0 radical (unpaired) electrons. The van der Waals surface area contributed by atoms with E-state index < -0.39 is 0 Å². The predicted octanol–water partition coefficient (Wildman–Crippen LogP) is 3.56. The molecule has 0 atom stereocenters. The third-order valence-corrected chi connectivity index (χ3v) is 3.24. The van der Waals surface area contributed by atoms with E-state index in [0.29, 0.717) is 18.9 Å². The number of phenolic OH excluding ortho intramolecular Hbond substituents is 1. The Labute approximate surface area is 120 Å². The van der Waals surface area contributed by atoms with Crippen molar-refractivity contribution in [2.45, 2.75) is 13.5 Å². The number of hydrogen-bond donors (Lipinski definition) is 2. The minimum Gasteiger partial charge on any atom is -0.504 e. The first-order valence-electron chi connectivity index (χ1n) is 6.00. The number of rotatable bonds is 5. The zero-order valence-electron chi connectivity index (χ0n) is 10.6. The summed E-state index contributed by atoms with van der Waals surface area (Å²) in [7, 11) is 0. The second kappa shape index (κ2) is 6.43. The lowest BCUT2D eigenvalue weighted by atomic mass is 10.2. The summed E-state index contributed by atoms with van der Waals surface area (Å²) in [4.78, 5) is 4.13. The maximum atomic E-state index is 10.1. The van der Waals surface area contributed by atoms with Gasteiger partial charge in [0, 0.05) is 18.3 Å². The number of para-hydroxylation sites is 1. The molecule has 0 spiro atoms. The number of hydrogen-bond acceptors (Lipinski definition) is 4. The van der Waals surface area contributed by atoms with Crippen LogP contribution < -0.4 is 10.1 Å². The Morgan fingerprint density at radius 2 is 2.16 bits per heavy atom. The largest absolute Gasteiger partial charge is 0.504 e. The predicted molar refractivity (Wildman–Crippen MR) is 78.5 cm³/mol. The number of anilines is 1. The molecule has 2 N–H and O–H groups in total. The van der Waals surface area contributed by atoms with Crippen LogP contribution in [0.2, 0.25) is 0 Å². The molecule has 0 saturated carbocycles. The molecule has 0 amide bonds. The molecule has 1 heterocycles. The SMILES string of the molecule is CCOc1cccc(CNc2cccnc2Br)c1O. The first-order chi connectivity index (χ1) is 9.22. The standard InChI is InChI=1S/C14H15BrN2O2/c1-2-19-12-7-3-5-10(13(12)18)9-17-11-6-4-8-16-14(11)15/h3-8,17-18H,2,9H2,1H3. The normalized spacial score (nSPS) is 10.2. The lowest BCUT2D eigenvalue weighted by Crippen LogP contribution is -2.02. The van der Waals surface area contributed by atoms with Gasteiger partial charge in [-0.05, 0) is 41.1 Å². The summed E-state index contributed by atoms with van der Waals surface area (Å²) in [6.45, 7) is 2.91. The van der Waals surface area contributed by atoms with Crippen LogP contribution in [0.3, 0.4) is 0 Å². The first kappa shape index (κ1) is 13.7. The monoisotopic (exact) mass is 322 g/mol. The van der Waals surface area contributed by atoms with Crippen molar-refractivity contribution in [3.63, 3.8) is 0 Å². The Balaban J connectivity index is 2.12. The van der Waals surface area contributed by atoms with E-state index in [1.54, 1.807) is 12.3 Å². The summed E-state index contributed by atoms with van der Waals surface area (Å²) < 4.78 is 6.10. The Morgan fingerprint density at radius 3 is 2.89 bits per heavy atom. The lowest BCUT2D eigenvalue weighted by Gasteiger charge is -2.12. The van der Waals surface area contributed by atoms with E-state index in [0.717, 1.165) is 15.9 Å². The maximum Gasteiger partial charge on any atom is 0.162 e. The number of halogens is 1. The third kappa shape index (κ3) is 3.38. The van der Waals surface area contributed by atoms with Gasteiger partial charge in [-0.2, -0.15) is 0 Å². The lowest BCUT2D eigenvalue weighted by molar-refractivity contribution is 0.317. The molecule has 19 heavy (non-hydrogen) atoms. The van der Waals surface area contributed by atoms with Crippen LogP contribution in [0.5, 0.6) is 11.5 Å². The van der Waals surface area contributed by atoms with Crippen molar-refractivity contribution >= 4 is 21.6 Å². The van der Waals surface area contributed by atoms with E-state index in [9.17, 15) is 5.11 Å². The molecular weight excluding hydrogens is 308 g/mol. The second-order valence-electron chi connectivity index (χ2n) is 3.89. The molecule has 2 rings (SSSR count). The number of aromatic nitrogens is 1. The molecule has 0 aliphatic carbocycles. The van der Waals surface area contributed by atoms with E-state index in [4.69, 9.17) is 4.74 Å². The number of nitrogens with zero attached hydrogens (tertiary/aromatic N) is 1. The fourth-order valence-electron chi connectivity index (χ4n) is 1.69. The van der Waals surface area contributed by atoms with Crippen molar-refractivity contribution in [3.8, 4) is 11.5 Å². The van der Waals surface area contributed by atoms with Crippen molar-refractivity contribution < 1.29 is 9.84 Å². The highest BCUT2D eigenvalue weighted by Gasteiger charge is 2.08. The number of aromatic hydroxyl groups is 1. The van der Waals surface area contributed by atoms with Gasteiger partial charge in [-0.3, -0.25) is 0 Å². The van der Waals surface area contributed by atoms with E-state index in [1.807, 2.05) is 31.2 Å². The highest BCUT2D eigenvalue weighted by Crippen LogP contribution is 2.30. The number of pyridine rings is 1. The van der Waals surface area contributed by atoms with Gasteiger partial charge in [0.15, 0.2) is 11.5 Å². The molecule has 1 aromatic heterocycles. The average Bonchev–Trinajstić information content (AvgIpc) is 2.42. The second-order valence-corrected chi connectivity index (χ2v) is 4.64. The summed E-state index contributed by atoms with van der Waals surface area (Å²) in [5, 5.41) is 13.3. The third-order valence-electron chi connectivity index (χ3n) is 2.61. The zero-order chi connectivity index (χ0) is 13.7. The molecule has 0 bridgehead atoms. The molecule has 0 aliphatic heterocycles. The van der Waals surface area contributed by atoms with Crippen molar-refractivity contribution in [1.29, 1.82) is 0 Å². The number of benzene rings is 1. The zero-order valence-corrected chi connectivity index (χ0v) is 12.1. The molecular formula is C14H15BrN2O2. The van der Waals surface area contributed by atoms with Crippen LogP contribution in [0.15, 0.2) is 41.1 Å². The fourth-order valence-corrected chi connectivity index (χ4v) is 2.08. The average molecular weight is 323 g/mol. The van der Waals surface area contributed by atoms with Crippen molar-refractivity contribution in [3.05, 3.63) is 46.7 Å². The Hall–Kier alpha value is -1.75. The van der Waals surface area contributed by atoms with E-state index >= 15 is 0 Å². The van der Waals surface area contributed by atoms with Crippen LogP contribution in [0.25, 0.3) is 0 Å². The van der Waals surface area contributed by atoms with Gasteiger partial charge < -0.3 is 15.2 Å². The summed E-state index contributed by atoms with van der Waals surface area (Å²) >= 11 is 3.37. The van der Waals surface area contributed by atoms with E-state index in [2.05, 4.69) is 26.2 Å². The van der Waals surface area contributed by atoms with Crippen LogP contribution in [0, 0.1) is 0 Å². The van der Waals surface area contributed by atoms with Gasteiger partial charge in [-0.1, -0.05) is 12.1 Å². The van der Waals surface area contributed by atoms with Crippen molar-refractivity contribution in [2.24, 2.45) is 0 Å². The van der Waals surface area contributed by atoms with Crippen LogP contribution in [-0.4, -0.2) is 16.7 Å². The molecule has 0 fully saturated rings. The van der Waals surface area contributed by atoms with Gasteiger partial charge in [-0.15, -0.1) is 0 Å². The molecule has 1 aromatic carbocycles. The molecule has 5 heteroatoms. The summed E-state index contributed by atoms with van der Waals surface area (Å²) in [6, 6.07) is 9.24.